The highest BCUT2D eigenvalue weighted by Gasteiger charge is 2.63. The smallest absolute Gasteiger partial charge is 0.118 e. The second-order valence-corrected chi connectivity index (χ2v) is 15.3. The predicted molar refractivity (Wildman–Crippen MR) is 138 cm³/mol. The van der Waals surface area contributed by atoms with Gasteiger partial charge in [0.1, 0.15) is 13.8 Å². The lowest BCUT2D eigenvalue weighted by Gasteiger charge is -2.38. The van der Waals surface area contributed by atoms with Crippen molar-refractivity contribution in [2.24, 2.45) is 5.92 Å². The third-order valence-corrected chi connectivity index (χ3v) is 14.2. The van der Waals surface area contributed by atoms with Crippen LogP contribution in [0.4, 0.5) is 0 Å². The Morgan fingerprint density at radius 1 is 0.844 bits per heavy atom. The van der Waals surface area contributed by atoms with Crippen molar-refractivity contribution >= 4 is 18.8 Å². The molecule has 0 radical (unpaired) electrons. The highest BCUT2D eigenvalue weighted by atomic mass is 28.3. The monoisotopic (exact) mass is 438 g/mol. The Kier molecular flexibility index (Phi) is 5.17. The van der Waals surface area contributed by atoms with Crippen molar-refractivity contribution in [3.63, 3.8) is 0 Å². The van der Waals surface area contributed by atoms with E-state index in [0.717, 1.165) is 5.75 Å². The summed E-state index contributed by atoms with van der Waals surface area (Å²) in [6.07, 6.45) is 1.24. The van der Waals surface area contributed by atoms with Crippen LogP contribution in [0.5, 0.6) is 5.75 Å². The topological polar surface area (TPSA) is 9.23 Å². The fourth-order valence-electron chi connectivity index (χ4n) is 6.52. The second-order valence-electron chi connectivity index (χ2n) is 10.2. The fourth-order valence-corrected chi connectivity index (χ4v) is 11.6. The molecule has 3 aromatic carbocycles. The second kappa shape index (κ2) is 7.77. The van der Waals surface area contributed by atoms with E-state index in [9.17, 15) is 0 Å². The number of ether oxygens (including phenoxy) is 1. The molecular formula is C30H34OSi. The zero-order chi connectivity index (χ0) is 22.5. The van der Waals surface area contributed by atoms with Gasteiger partial charge >= 0.3 is 0 Å². The van der Waals surface area contributed by atoms with Gasteiger partial charge in [0, 0.05) is 5.41 Å². The number of rotatable bonds is 6. The molecule has 2 aliphatic carbocycles. The van der Waals surface area contributed by atoms with Gasteiger partial charge in [-0.25, -0.2) is 0 Å². The number of allylic oxidation sites excluding steroid dienone is 1. The molecule has 5 rings (SSSR count). The summed E-state index contributed by atoms with van der Waals surface area (Å²) >= 11 is 0. The van der Waals surface area contributed by atoms with Gasteiger partial charge in [0.2, 0.25) is 0 Å². The molecule has 0 saturated heterocycles. The molecule has 32 heavy (non-hydrogen) atoms. The first-order chi connectivity index (χ1) is 15.4. The van der Waals surface area contributed by atoms with Crippen LogP contribution in [-0.2, 0) is 5.41 Å². The fraction of sp³-hybridized carbons (Fsp3) is 0.333. The number of hydrogen-bond donors (Lipinski definition) is 0. The standard InChI is InChI=1S/C30H34OSi/c1-21(2)32(22(3)4,25-17-15-24(31-5)16-18-25)20-27-26-13-9-10-14-28(26)30(19-29(27)30)23-11-7-6-8-12-23/h6-18,20-22,29H,19H2,1-5H3/b27-20-. The largest absolute Gasteiger partial charge is 0.497 e. The Morgan fingerprint density at radius 2 is 1.47 bits per heavy atom. The van der Waals surface area contributed by atoms with E-state index in [1.54, 1.807) is 12.7 Å². The molecule has 164 valence electrons. The van der Waals surface area contributed by atoms with Crippen LogP contribution in [0.1, 0.15) is 50.8 Å². The molecule has 0 bridgehead atoms. The van der Waals surface area contributed by atoms with Gasteiger partial charge in [-0.3, -0.25) is 0 Å². The maximum Gasteiger partial charge on any atom is 0.118 e. The minimum Gasteiger partial charge on any atom is -0.497 e. The average molecular weight is 439 g/mol. The molecule has 2 unspecified atom stereocenters. The molecular weight excluding hydrogens is 404 g/mol. The normalized spacial score (nSPS) is 22.8. The Bertz CT molecular complexity index is 1130. The van der Waals surface area contributed by atoms with E-state index >= 15 is 0 Å². The number of fused-ring (bicyclic) bond motifs is 3. The average Bonchev–Trinajstić information content (AvgIpc) is 3.51. The third kappa shape index (κ3) is 2.96. The van der Waals surface area contributed by atoms with Crippen LogP contribution >= 0.6 is 0 Å². The summed E-state index contributed by atoms with van der Waals surface area (Å²) in [4.78, 5) is 0. The molecule has 1 saturated carbocycles. The Hall–Kier alpha value is -2.58. The van der Waals surface area contributed by atoms with Crippen molar-refractivity contribution in [3.8, 4) is 5.75 Å². The first-order valence-electron chi connectivity index (χ1n) is 12.0. The molecule has 0 spiro atoms. The number of benzene rings is 3. The van der Waals surface area contributed by atoms with Crippen LogP contribution in [0, 0.1) is 5.92 Å². The lowest BCUT2D eigenvalue weighted by molar-refractivity contribution is 0.415. The molecule has 2 aliphatic rings. The van der Waals surface area contributed by atoms with E-state index < -0.39 is 8.07 Å². The number of hydrogen-bond acceptors (Lipinski definition) is 1. The SMILES string of the molecule is COc1ccc([Si](/C=C2/c3ccccc3C3(c4ccccc4)CC23)(C(C)C)C(C)C)cc1. The predicted octanol–water partition coefficient (Wildman–Crippen LogP) is 7.11. The molecule has 0 aliphatic heterocycles. The number of methoxy groups -OCH3 is 1. The minimum absolute atomic E-state index is 0.178. The Labute approximate surface area is 194 Å². The maximum atomic E-state index is 5.47. The van der Waals surface area contributed by atoms with E-state index in [4.69, 9.17) is 4.74 Å². The van der Waals surface area contributed by atoms with E-state index in [1.807, 2.05) is 0 Å². The van der Waals surface area contributed by atoms with Crippen molar-refractivity contribution < 1.29 is 4.74 Å². The van der Waals surface area contributed by atoms with Gasteiger partial charge in [0.25, 0.3) is 0 Å². The molecule has 0 amide bonds. The lowest BCUT2D eigenvalue weighted by atomic mass is 9.88. The zero-order valence-corrected chi connectivity index (χ0v) is 20.9. The van der Waals surface area contributed by atoms with Crippen molar-refractivity contribution in [2.75, 3.05) is 7.11 Å². The van der Waals surface area contributed by atoms with Crippen molar-refractivity contribution in [2.45, 2.75) is 50.6 Å². The van der Waals surface area contributed by atoms with E-state index in [2.05, 4.69) is 112 Å². The minimum atomic E-state index is -1.96. The van der Waals surface area contributed by atoms with Gasteiger partial charge in [-0.1, -0.05) is 105 Å². The molecule has 0 N–H and O–H groups in total. The summed E-state index contributed by atoms with van der Waals surface area (Å²) in [5, 5.41) is 1.52. The van der Waals surface area contributed by atoms with Gasteiger partial charge < -0.3 is 4.74 Å². The van der Waals surface area contributed by atoms with Crippen LogP contribution < -0.4 is 9.92 Å². The van der Waals surface area contributed by atoms with E-state index in [1.165, 1.54) is 28.3 Å². The molecule has 0 aromatic heterocycles. The van der Waals surface area contributed by atoms with Gasteiger partial charge in [0.05, 0.1) is 7.11 Å². The van der Waals surface area contributed by atoms with Gasteiger partial charge in [-0.05, 0) is 57.8 Å². The summed E-state index contributed by atoms with van der Waals surface area (Å²) in [6, 6.07) is 29.3. The maximum absolute atomic E-state index is 5.47. The van der Waals surface area contributed by atoms with Crippen LogP contribution in [0.15, 0.2) is 84.6 Å². The van der Waals surface area contributed by atoms with Crippen LogP contribution in [0.3, 0.4) is 0 Å². The molecule has 0 heterocycles. The Balaban J connectivity index is 1.70. The van der Waals surface area contributed by atoms with Gasteiger partial charge in [0.15, 0.2) is 0 Å². The molecule has 1 nitrogen and oxygen atoms in total. The summed E-state index contributed by atoms with van der Waals surface area (Å²) < 4.78 is 5.47. The van der Waals surface area contributed by atoms with Gasteiger partial charge in [-0.15, -0.1) is 0 Å². The highest BCUT2D eigenvalue weighted by Crippen LogP contribution is 2.70. The van der Waals surface area contributed by atoms with Crippen molar-refractivity contribution in [3.05, 3.63) is 101 Å². The summed E-state index contributed by atoms with van der Waals surface area (Å²) in [6.45, 7) is 9.74. The first-order valence-corrected chi connectivity index (χ1v) is 14.2. The summed E-state index contributed by atoms with van der Waals surface area (Å²) in [5.74, 6) is 1.54. The van der Waals surface area contributed by atoms with Crippen molar-refractivity contribution in [1.82, 2.24) is 0 Å². The third-order valence-electron chi connectivity index (χ3n) is 8.24. The first kappa shape index (κ1) is 21.3. The molecule has 1 fully saturated rings. The molecule has 3 aromatic rings. The van der Waals surface area contributed by atoms with Crippen LogP contribution in [-0.4, -0.2) is 15.2 Å². The van der Waals surface area contributed by atoms with E-state index in [0.29, 0.717) is 17.0 Å². The van der Waals surface area contributed by atoms with Crippen LogP contribution in [0.2, 0.25) is 11.1 Å². The van der Waals surface area contributed by atoms with Crippen LogP contribution in [0.25, 0.3) is 5.57 Å². The van der Waals surface area contributed by atoms with E-state index in [-0.39, 0.29) is 5.41 Å². The van der Waals surface area contributed by atoms with Crippen molar-refractivity contribution in [1.29, 1.82) is 0 Å². The summed E-state index contributed by atoms with van der Waals surface area (Å²) in [5.41, 5.74) is 10.3. The quantitative estimate of drug-likeness (QED) is 0.373. The zero-order valence-electron chi connectivity index (χ0n) is 19.9. The lowest BCUT2D eigenvalue weighted by Crippen LogP contribution is -2.52. The molecule has 2 atom stereocenters. The molecule has 2 heteroatoms. The summed E-state index contributed by atoms with van der Waals surface area (Å²) in [7, 11) is -0.214. The Morgan fingerprint density at radius 3 is 2.09 bits per heavy atom. The van der Waals surface area contributed by atoms with Gasteiger partial charge in [-0.2, -0.15) is 0 Å². The highest BCUT2D eigenvalue weighted by molar-refractivity contribution is 6.98.